The summed E-state index contributed by atoms with van der Waals surface area (Å²) in [6.07, 6.45) is 8.01. The lowest BCUT2D eigenvalue weighted by Gasteiger charge is -2.43. The van der Waals surface area contributed by atoms with Crippen molar-refractivity contribution in [3.05, 3.63) is 35.9 Å². The second-order valence-electron chi connectivity index (χ2n) is 8.23. The van der Waals surface area contributed by atoms with Gasteiger partial charge in [-0.15, -0.1) is 0 Å². The Labute approximate surface area is 173 Å². The molecule has 2 heterocycles. The third kappa shape index (κ3) is 4.51. The van der Waals surface area contributed by atoms with E-state index in [9.17, 15) is 13.2 Å². The molecule has 0 radical (unpaired) electrons. The first-order chi connectivity index (χ1) is 14.0. The Hall–Kier alpha value is -1.86. The van der Waals surface area contributed by atoms with Crippen molar-refractivity contribution in [1.29, 1.82) is 0 Å². The molecule has 1 aromatic carbocycles. The predicted molar refractivity (Wildman–Crippen MR) is 114 cm³/mol. The molecule has 0 saturated carbocycles. The third-order valence-electron chi connectivity index (χ3n) is 6.23. The highest BCUT2D eigenvalue weighted by Gasteiger charge is 2.49. The molecule has 0 spiro atoms. The Morgan fingerprint density at radius 1 is 1.10 bits per heavy atom. The topological polar surface area (TPSA) is 66.9 Å². The monoisotopic (exact) mass is 418 g/mol. The van der Waals surface area contributed by atoms with Gasteiger partial charge >= 0.3 is 0 Å². The standard InChI is InChI=1S/C22H30N2O4S/c1-2-28-19-10-8-18(9-11-19)24-21-16-29(26,27)15-20(21)23(14-22(24)25)13-12-17-6-4-3-5-7-17/h6,8-11,20-21H,2-5,7,12-16H2,1H3. The number of piperazine rings is 1. The van der Waals surface area contributed by atoms with Crippen LogP contribution in [0.25, 0.3) is 0 Å². The van der Waals surface area contributed by atoms with Crippen LogP contribution in [0.1, 0.15) is 39.0 Å². The number of hydrogen-bond acceptors (Lipinski definition) is 5. The number of rotatable bonds is 6. The summed E-state index contributed by atoms with van der Waals surface area (Å²) in [5, 5.41) is 0. The van der Waals surface area contributed by atoms with Crippen LogP contribution in [0.3, 0.4) is 0 Å². The van der Waals surface area contributed by atoms with Gasteiger partial charge in [-0.1, -0.05) is 11.6 Å². The zero-order chi connectivity index (χ0) is 20.4. The van der Waals surface area contributed by atoms with E-state index >= 15 is 0 Å². The fraction of sp³-hybridized carbons (Fsp3) is 0.591. The number of carbonyl (C=O) groups excluding carboxylic acids is 1. The summed E-state index contributed by atoms with van der Waals surface area (Å²) < 4.78 is 30.4. The van der Waals surface area contributed by atoms with Gasteiger partial charge in [0.05, 0.1) is 30.7 Å². The van der Waals surface area contributed by atoms with Crippen LogP contribution in [0.2, 0.25) is 0 Å². The summed E-state index contributed by atoms with van der Waals surface area (Å²) in [4.78, 5) is 16.9. The highest BCUT2D eigenvalue weighted by atomic mass is 32.2. The zero-order valence-electron chi connectivity index (χ0n) is 17.0. The van der Waals surface area contributed by atoms with Gasteiger partial charge in [-0.25, -0.2) is 8.42 Å². The first-order valence-corrected chi connectivity index (χ1v) is 12.5. The molecule has 2 unspecified atom stereocenters. The van der Waals surface area contributed by atoms with E-state index in [1.807, 2.05) is 31.2 Å². The molecule has 1 aliphatic carbocycles. The van der Waals surface area contributed by atoms with Gasteiger partial charge in [-0.05, 0) is 63.3 Å². The number of amides is 1. The highest BCUT2D eigenvalue weighted by Crippen LogP contribution is 2.33. The smallest absolute Gasteiger partial charge is 0.241 e. The van der Waals surface area contributed by atoms with Gasteiger partial charge in [-0.3, -0.25) is 9.69 Å². The van der Waals surface area contributed by atoms with E-state index in [0.29, 0.717) is 6.61 Å². The average Bonchev–Trinajstić information content (AvgIpc) is 3.03. The molecule has 3 aliphatic rings. The molecule has 2 atom stereocenters. The predicted octanol–water partition coefficient (Wildman–Crippen LogP) is 2.79. The van der Waals surface area contributed by atoms with Crippen molar-refractivity contribution in [2.24, 2.45) is 0 Å². The highest BCUT2D eigenvalue weighted by molar-refractivity contribution is 7.91. The van der Waals surface area contributed by atoms with Crippen molar-refractivity contribution in [3.8, 4) is 5.75 Å². The van der Waals surface area contributed by atoms with Crippen molar-refractivity contribution in [2.45, 2.75) is 51.1 Å². The molecule has 0 bridgehead atoms. The van der Waals surface area contributed by atoms with Gasteiger partial charge in [0.2, 0.25) is 5.91 Å². The number of ether oxygens (including phenoxy) is 1. The van der Waals surface area contributed by atoms with Crippen LogP contribution in [0.5, 0.6) is 5.75 Å². The minimum absolute atomic E-state index is 0.0230. The number of benzene rings is 1. The number of carbonyl (C=O) groups is 1. The fourth-order valence-corrected chi connectivity index (χ4v) is 6.81. The van der Waals surface area contributed by atoms with E-state index in [1.54, 1.807) is 4.90 Å². The number of sulfone groups is 1. The Balaban J connectivity index is 1.53. The second-order valence-corrected chi connectivity index (χ2v) is 10.4. The molecular weight excluding hydrogens is 388 g/mol. The number of anilines is 1. The summed E-state index contributed by atoms with van der Waals surface area (Å²) in [5.41, 5.74) is 2.20. The normalized spacial score (nSPS) is 26.9. The van der Waals surface area contributed by atoms with E-state index in [4.69, 9.17) is 4.74 Å². The molecule has 1 aromatic rings. The molecule has 2 saturated heterocycles. The molecule has 2 fully saturated rings. The van der Waals surface area contributed by atoms with E-state index < -0.39 is 9.84 Å². The average molecular weight is 419 g/mol. The lowest BCUT2D eigenvalue weighted by atomic mass is 9.96. The van der Waals surface area contributed by atoms with Gasteiger partial charge in [0, 0.05) is 18.3 Å². The molecule has 6 nitrogen and oxygen atoms in total. The maximum Gasteiger partial charge on any atom is 0.241 e. The fourth-order valence-electron chi connectivity index (χ4n) is 4.83. The number of allylic oxidation sites excluding steroid dienone is 1. The van der Waals surface area contributed by atoms with Crippen molar-refractivity contribution < 1.29 is 17.9 Å². The maximum absolute atomic E-state index is 13.1. The Morgan fingerprint density at radius 2 is 1.86 bits per heavy atom. The van der Waals surface area contributed by atoms with Gasteiger partial charge < -0.3 is 9.64 Å². The maximum atomic E-state index is 13.1. The molecule has 1 amide bonds. The molecule has 7 heteroatoms. The lowest BCUT2D eigenvalue weighted by molar-refractivity contribution is -0.123. The minimum Gasteiger partial charge on any atom is -0.494 e. The van der Waals surface area contributed by atoms with Gasteiger partial charge in [0.1, 0.15) is 5.75 Å². The van der Waals surface area contributed by atoms with Crippen molar-refractivity contribution in [3.63, 3.8) is 0 Å². The summed E-state index contributed by atoms with van der Waals surface area (Å²) in [6, 6.07) is 6.94. The lowest BCUT2D eigenvalue weighted by Crippen LogP contribution is -2.62. The quantitative estimate of drug-likeness (QED) is 0.665. The zero-order valence-corrected chi connectivity index (χ0v) is 17.9. The summed E-state index contributed by atoms with van der Waals surface area (Å²) in [5.74, 6) is 0.900. The Morgan fingerprint density at radius 3 is 2.55 bits per heavy atom. The van der Waals surface area contributed by atoms with Crippen molar-refractivity contribution in [1.82, 2.24) is 4.90 Å². The summed E-state index contributed by atoms with van der Waals surface area (Å²) in [7, 11) is -3.16. The largest absolute Gasteiger partial charge is 0.494 e. The molecular formula is C22H30N2O4S. The number of fused-ring (bicyclic) bond motifs is 1. The van der Waals surface area contributed by atoms with Crippen LogP contribution in [0.15, 0.2) is 35.9 Å². The van der Waals surface area contributed by atoms with Crippen LogP contribution < -0.4 is 9.64 Å². The third-order valence-corrected chi connectivity index (χ3v) is 7.93. The Kier molecular flexibility index (Phi) is 5.97. The van der Waals surface area contributed by atoms with Crippen LogP contribution >= 0.6 is 0 Å². The van der Waals surface area contributed by atoms with Crippen molar-refractivity contribution in [2.75, 3.05) is 36.1 Å². The number of hydrogen-bond donors (Lipinski definition) is 0. The number of nitrogens with zero attached hydrogens (tertiary/aromatic N) is 2. The van der Waals surface area contributed by atoms with Crippen LogP contribution in [0, 0.1) is 0 Å². The molecule has 2 aliphatic heterocycles. The van der Waals surface area contributed by atoms with E-state index in [1.165, 1.54) is 18.4 Å². The van der Waals surface area contributed by atoms with Gasteiger partial charge in [0.15, 0.2) is 9.84 Å². The second kappa shape index (κ2) is 8.48. The van der Waals surface area contributed by atoms with E-state index in [-0.39, 0.29) is 36.0 Å². The summed E-state index contributed by atoms with van der Waals surface area (Å²) in [6.45, 7) is 3.53. The first-order valence-electron chi connectivity index (χ1n) is 10.6. The molecule has 0 N–H and O–H groups in total. The SMILES string of the molecule is CCOc1ccc(N2C(=O)CN(CCC3=CCCCC3)C3CS(=O)(=O)CC32)cc1. The van der Waals surface area contributed by atoms with Gasteiger partial charge in [-0.2, -0.15) is 0 Å². The van der Waals surface area contributed by atoms with Gasteiger partial charge in [0.25, 0.3) is 0 Å². The van der Waals surface area contributed by atoms with E-state index in [0.717, 1.165) is 37.2 Å². The van der Waals surface area contributed by atoms with Crippen LogP contribution in [0.4, 0.5) is 5.69 Å². The van der Waals surface area contributed by atoms with Crippen LogP contribution in [-0.2, 0) is 14.6 Å². The molecule has 4 rings (SSSR count). The molecule has 158 valence electrons. The Bertz CT molecular complexity index is 879. The molecule has 0 aromatic heterocycles. The minimum atomic E-state index is -3.16. The van der Waals surface area contributed by atoms with E-state index in [2.05, 4.69) is 11.0 Å². The van der Waals surface area contributed by atoms with Crippen LogP contribution in [-0.4, -0.2) is 62.5 Å². The molecule has 29 heavy (non-hydrogen) atoms. The van der Waals surface area contributed by atoms with Crippen molar-refractivity contribution >= 4 is 21.4 Å². The first kappa shape index (κ1) is 20.4. The summed E-state index contributed by atoms with van der Waals surface area (Å²) >= 11 is 0.